The summed E-state index contributed by atoms with van der Waals surface area (Å²) in [5.74, 6) is 0. The van der Waals surface area contributed by atoms with Gasteiger partial charge in [0, 0.05) is 6.54 Å². The van der Waals surface area contributed by atoms with Gasteiger partial charge in [-0.2, -0.15) is 0 Å². The monoisotopic (exact) mass is 153 g/mol. The van der Waals surface area contributed by atoms with Crippen LogP contribution in [0.5, 0.6) is 0 Å². The van der Waals surface area contributed by atoms with Crippen molar-refractivity contribution in [2.24, 2.45) is 0 Å². The Bertz CT molecular complexity index is 174. The van der Waals surface area contributed by atoms with Crippen LogP contribution in [0.4, 0.5) is 0 Å². The first kappa shape index (κ1) is 7.63. The fourth-order valence-electron chi connectivity index (χ4n) is 0.751. The summed E-state index contributed by atoms with van der Waals surface area (Å²) >= 11 is 1.65. The highest BCUT2D eigenvalue weighted by molar-refractivity contribution is 7.96. The van der Waals surface area contributed by atoms with Gasteiger partial charge in [-0.1, -0.05) is 42.3 Å². The van der Waals surface area contributed by atoms with Crippen molar-refractivity contribution in [2.75, 3.05) is 6.26 Å². The first-order valence-electron chi connectivity index (χ1n) is 3.23. The third-order valence-corrected chi connectivity index (χ3v) is 1.70. The Morgan fingerprint density at radius 3 is 2.60 bits per heavy atom. The van der Waals surface area contributed by atoms with Crippen LogP contribution in [-0.4, -0.2) is 6.26 Å². The molecule has 0 spiro atoms. The Morgan fingerprint density at radius 2 is 2.00 bits per heavy atom. The summed E-state index contributed by atoms with van der Waals surface area (Å²) in [7, 11) is 0. The molecule has 1 nitrogen and oxygen atoms in total. The van der Waals surface area contributed by atoms with Gasteiger partial charge >= 0.3 is 0 Å². The topological polar surface area (TPSA) is 12.0 Å². The SMILES string of the molecule is CSNCc1ccccc1. The van der Waals surface area contributed by atoms with E-state index >= 15 is 0 Å². The van der Waals surface area contributed by atoms with Gasteiger partial charge in [-0.3, -0.25) is 4.72 Å². The lowest BCUT2D eigenvalue weighted by Gasteiger charge is -1.98. The Balaban J connectivity index is 2.43. The molecule has 1 rings (SSSR count). The molecule has 0 fully saturated rings. The summed E-state index contributed by atoms with van der Waals surface area (Å²) in [5.41, 5.74) is 1.33. The fraction of sp³-hybridized carbons (Fsp3) is 0.250. The van der Waals surface area contributed by atoms with E-state index in [1.165, 1.54) is 5.56 Å². The van der Waals surface area contributed by atoms with Crippen LogP contribution in [0.3, 0.4) is 0 Å². The van der Waals surface area contributed by atoms with Crippen molar-refractivity contribution >= 4 is 11.9 Å². The molecular formula is C8H11NS. The summed E-state index contributed by atoms with van der Waals surface area (Å²) in [6.45, 7) is 0.946. The maximum Gasteiger partial charge on any atom is 0.0309 e. The molecule has 0 aromatic heterocycles. The average Bonchev–Trinajstić information content (AvgIpc) is 2.03. The molecule has 0 aliphatic heterocycles. The van der Waals surface area contributed by atoms with E-state index in [-0.39, 0.29) is 0 Å². The van der Waals surface area contributed by atoms with Crippen LogP contribution < -0.4 is 4.72 Å². The average molecular weight is 153 g/mol. The Labute approximate surface area is 66.0 Å². The van der Waals surface area contributed by atoms with E-state index in [1.807, 2.05) is 12.3 Å². The molecule has 0 unspecified atom stereocenters. The third kappa shape index (κ3) is 2.42. The van der Waals surface area contributed by atoms with Crippen molar-refractivity contribution < 1.29 is 0 Å². The van der Waals surface area contributed by atoms with E-state index in [0.29, 0.717) is 0 Å². The number of benzene rings is 1. The zero-order valence-corrected chi connectivity index (χ0v) is 6.82. The molecule has 0 saturated carbocycles. The van der Waals surface area contributed by atoms with E-state index in [0.717, 1.165) is 6.54 Å². The van der Waals surface area contributed by atoms with Gasteiger partial charge in [-0.05, 0) is 11.8 Å². The van der Waals surface area contributed by atoms with Crippen LogP contribution >= 0.6 is 11.9 Å². The largest absolute Gasteiger partial charge is 0.260 e. The van der Waals surface area contributed by atoms with Crippen LogP contribution in [-0.2, 0) is 6.54 Å². The standard InChI is InChI=1S/C8H11NS/c1-10-9-7-8-5-3-2-4-6-8/h2-6,9H,7H2,1H3. The Hall–Kier alpha value is -0.470. The van der Waals surface area contributed by atoms with Crippen LogP contribution in [0.1, 0.15) is 5.56 Å². The Morgan fingerprint density at radius 1 is 1.30 bits per heavy atom. The van der Waals surface area contributed by atoms with Crippen LogP contribution in [0, 0.1) is 0 Å². The maximum atomic E-state index is 3.18. The molecule has 0 saturated heterocycles. The summed E-state index contributed by atoms with van der Waals surface area (Å²) in [6, 6.07) is 10.4. The van der Waals surface area contributed by atoms with Crippen molar-refractivity contribution in [3.63, 3.8) is 0 Å². The summed E-state index contributed by atoms with van der Waals surface area (Å²) < 4.78 is 3.18. The third-order valence-electron chi connectivity index (χ3n) is 1.26. The highest BCUT2D eigenvalue weighted by atomic mass is 32.2. The number of nitrogens with one attached hydrogen (secondary N) is 1. The molecule has 0 atom stereocenters. The minimum Gasteiger partial charge on any atom is -0.260 e. The van der Waals surface area contributed by atoms with Gasteiger partial charge < -0.3 is 0 Å². The normalized spacial score (nSPS) is 9.70. The number of rotatable bonds is 3. The van der Waals surface area contributed by atoms with Gasteiger partial charge in [0.05, 0.1) is 0 Å². The lowest BCUT2D eigenvalue weighted by molar-refractivity contribution is 0.980. The Kier molecular flexibility index (Phi) is 3.33. The molecule has 1 aromatic rings. The van der Waals surface area contributed by atoms with E-state index in [1.54, 1.807) is 11.9 Å². The summed E-state index contributed by atoms with van der Waals surface area (Å²) in [5, 5.41) is 0. The van der Waals surface area contributed by atoms with Crippen molar-refractivity contribution in [3.8, 4) is 0 Å². The van der Waals surface area contributed by atoms with Gasteiger partial charge in [0.15, 0.2) is 0 Å². The highest BCUT2D eigenvalue weighted by Gasteiger charge is 1.86. The predicted octanol–water partition coefficient (Wildman–Crippen LogP) is 2.05. The molecule has 1 aromatic carbocycles. The minimum atomic E-state index is 0.946. The molecule has 2 heteroatoms. The quantitative estimate of drug-likeness (QED) is 0.667. The van der Waals surface area contributed by atoms with Crippen molar-refractivity contribution in [3.05, 3.63) is 35.9 Å². The first-order valence-corrected chi connectivity index (χ1v) is 4.45. The molecule has 54 valence electrons. The molecule has 0 heterocycles. The minimum absolute atomic E-state index is 0.946. The fourth-order valence-corrected chi connectivity index (χ4v) is 1.06. The number of hydrogen-bond acceptors (Lipinski definition) is 2. The molecule has 0 bridgehead atoms. The summed E-state index contributed by atoms with van der Waals surface area (Å²) in [4.78, 5) is 0. The van der Waals surface area contributed by atoms with E-state index in [4.69, 9.17) is 0 Å². The lowest BCUT2D eigenvalue weighted by atomic mass is 10.2. The van der Waals surface area contributed by atoms with Crippen molar-refractivity contribution in [1.82, 2.24) is 4.72 Å². The zero-order chi connectivity index (χ0) is 7.23. The van der Waals surface area contributed by atoms with Crippen molar-refractivity contribution in [1.29, 1.82) is 0 Å². The zero-order valence-electron chi connectivity index (χ0n) is 6.00. The molecule has 1 N–H and O–H groups in total. The van der Waals surface area contributed by atoms with Gasteiger partial charge in [0.1, 0.15) is 0 Å². The van der Waals surface area contributed by atoms with E-state index in [9.17, 15) is 0 Å². The second-order valence-electron chi connectivity index (χ2n) is 2.01. The molecule has 0 amide bonds. The van der Waals surface area contributed by atoms with Crippen LogP contribution in [0.15, 0.2) is 30.3 Å². The van der Waals surface area contributed by atoms with Gasteiger partial charge in [0.2, 0.25) is 0 Å². The van der Waals surface area contributed by atoms with Gasteiger partial charge in [0.25, 0.3) is 0 Å². The van der Waals surface area contributed by atoms with Crippen LogP contribution in [0.25, 0.3) is 0 Å². The molecule has 0 aliphatic carbocycles. The molecule has 0 aliphatic rings. The second-order valence-corrected chi connectivity index (χ2v) is 2.71. The second kappa shape index (κ2) is 4.36. The molecule has 10 heavy (non-hydrogen) atoms. The summed E-state index contributed by atoms with van der Waals surface area (Å²) in [6.07, 6.45) is 2.03. The van der Waals surface area contributed by atoms with Crippen molar-refractivity contribution in [2.45, 2.75) is 6.54 Å². The molecule has 0 radical (unpaired) electrons. The lowest BCUT2D eigenvalue weighted by Crippen LogP contribution is -2.00. The maximum absolute atomic E-state index is 3.18. The van der Waals surface area contributed by atoms with Gasteiger partial charge in [-0.15, -0.1) is 0 Å². The van der Waals surface area contributed by atoms with E-state index < -0.39 is 0 Å². The smallest absolute Gasteiger partial charge is 0.0309 e. The van der Waals surface area contributed by atoms with Crippen LogP contribution in [0.2, 0.25) is 0 Å². The van der Waals surface area contributed by atoms with E-state index in [2.05, 4.69) is 29.0 Å². The highest BCUT2D eigenvalue weighted by Crippen LogP contribution is 1.98. The number of hydrogen-bond donors (Lipinski definition) is 1. The first-order chi connectivity index (χ1) is 4.93. The predicted molar refractivity (Wildman–Crippen MR) is 46.8 cm³/mol. The molecular weight excluding hydrogens is 142 g/mol. The van der Waals surface area contributed by atoms with Gasteiger partial charge in [-0.25, -0.2) is 0 Å².